The predicted molar refractivity (Wildman–Crippen MR) is 111 cm³/mol. The number of carbonyl (C=O) groups is 1. The van der Waals surface area contributed by atoms with Crippen LogP contribution in [0.5, 0.6) is 0 Å². The summed E-state index contributed by atoms with van der Waals surface area (Å²) in [4.78, 5) is 35.7. The first-order valence-electron chi connectivity index (χ1n) is 9.50. The number of carbonyl (C=O) groups excluding carboxylic acids is 1. The molecule has 3 atom stereocenters. The monoisotopic (exact) mass is 416 g/mol. The highest BCUT2D eigenvalue weighted by Gasteiger charge is 2.47. The van der Waals surface area contributed by atoms with E-state index in [1.807, 2.05) is 4.90 Å². The van der Waals surface area contributed by atoms with Gasteiger partial charge < -0.3 is 4.90 Å². The minimum atomic E-state index is -0.680. The standard InChI is InChI=1S/C22H16N4O5/c23-13-16-12-18-8-9-21(27)22(16)24(18)20(15-4-6-17(7-5-15)25(28)29)11-14-2-1-3-19(10-14)26(30)31/h1-11,16,18,22H,12H2. The molecule has 9 heteroatoms. The number of hydrogen-bond acceptors (Lipinski definition) is 7. The zero-order chi connectivity index (χ0) is 22.1. The maximum Gasteiger partial charge on any atom is 0.270 e. The Labute approximate surface area is 176 Å². The highest BCUT2D eigenvalue weighted by Crippen LogP contribution is 2.41. The van der Waals surface area contributed by atoms with E-state index >= 15 is 0 Å². The Morgan fingerprint density at radius 1 is 1.10 bits per heavy atom. The van der Waals surface area contributed by atoms with Gasteiger partial charge in [0.25, 0.3) is 11.4 Å². The molecule has 1 fully saturated rings. The highest BCUT2D eigenvalue weighted by atomic mass is 16.6. The second-order valence-electron chi connectivity index (χ2n) is 7.34. The highest BCUT2D eigenvalue weighted by molar-refractivity contribution is 5.99. The van der Waals surface area contributed by atoms with Crippen molar-refractivity contribution in [2.45, 2.75) is 18.5 Å². The van der Waals surface area contributed by atoms with Gasteiger partial charge in [-0.25, -0.2) is 0 Å². The smallest absolute Gasteiger partial charge is 0.270 e. The van der Waals surface area contributed by atoms with E-state index in [4.69, 9.17) is 0 Å². The van der Waals surface area contributed by atoms with Gasteiger partial charge in [-0.15, -0.1) is 0 Å². The summed E-state index contributed by atoms with van der Waals surface area (Å²) in [6.07, 6.45) is 5.43. The summed E-state index contributed by atoms with van der Waals surface area (Å²) in [5.41, 5.74) is 1.56. The zero-order valence-electron chi connectivity index (χ0n) is 16.1. The average molecular weight is 416 g/mol. The summed E-state index contributed by atoms with van der Waals surface area (Å²) in [6.45, 7) is 0. The fraction of sp³-hybridized carbons (Fsp3) is 0.182. The largest absolute Gasteiger partial charge is 0.353 e. The number of ketones is 1. The van der Waals surface area contributed by atoms with Gasteiger partial charge in [-0.3, -0.25) is 25.0 Å². The molecule has 154 valence electrons. The number of fused-ring (bicyclic) bond motifs is 2. The predicted octanol–water partition coefficient (Wildman–Crippen LogP) is 3.72. The number of nitro groups is 2. The topological polar surface area (TPSA) is 130 Å². The van der Waals surface area contributed by atoms with Gasteiger partial charge in [-0.05, 0) is 41.8 Å². The molecule has 0 spiro atoms. The number of nitriles is 1. The van der Waals surface area contributed by atoms with E-state index in [1.165, 1.54) is 30.3 Å². The van der Waals surface area contributed by atoms with E-state index in [9.17, 15) is 30.3 Å². The molecule has 2 aliphatic rings. The number of nitrogens with zero attached hydrogens (tertiary/aromatic N) is 4. The minimum Gasteiger partial charge on any atom is -0.353 e. The molecule has 0 amide bonds. The van der Waals surface area contributed by atoms with Gasteiger partial charge in [0.15, 0.2) is 5.78 Å². The van der Waals surface area contributed by atoms with E-state index in [0.29, 0.717) is 23.2 Å². The summed E-state index contributed by atoms with van der Waals surface area (Å²) in [7, 11) is 0. The second-order valence-corrected chi connectivity index (χ2v) is 7.34. The minimum absolute atomic E-state index is 0.0778. The summed E-state index contributed by atoms with van der Waals surface area (Å²) >= 11 is 0. The van der Waals surface area contributed by atoms with Gasteiger partial charge in [0, 0.05) is 36.0 Å². The van der Waals surface area contributed by atoms with E-state index in [1.54, 1.807) is 36.4 Å². The summed E-state index contributed by atoms with van der Waals surface area (Å²) in [5, 5.41) is 31.8. The number of hydrogen-bond donors (Lipinski definition) is 0. The maximum absolute atomic E-state index is 12.6. The summed E-state index contributed by atoms with van der Waals surface area (Å²) in [6, 6.07) is 13.3. The molecule has 2 aromatic rings. The Balaban J connectivity index is 1.86. The van der Waals surface area contributed by atoms with Crippen molar-refractivity contribution in [3.63, 3.8) is 0 Å². The van der Waals surface area contributed by atoms with E-state index < -0.39 is 21.8 Å². The fourth-order valence-corrected chi connectivity index (χ4v) is 4.11. The Bertz CT molecular complexity index is 1180. The van der Waals surface area contributed by atoms with Crippen molar-refractivity contribution < 1.29 is 14.6 Å². The molecular weight excluding hydrogens is 400 g/mol. The van der Waals surface area contributed by atoms with Gasteiger partial charge in [0.1, 0.15) is 6.04 Å². The van der Waals surface area contributed by atoms with E-state index in [-0.39, 0.29) is 23.2 Å². The number of nitro benzene ring substituents is 2. The van der Waals surface area contributed by atoms with Crippen LogP contribution in [0, 0.1) is 37.5 Å². The van der Waals surface area contributed by atoms with Crippen molar-refractivity contribution in [3.8, 4) is 6.07 Å². The Morgan fingerprint density at radius 2 is 1.81 bits per heavy atom. The van der Waals surface area contributed by atoms with Crippen LogP contribution in [0.15, 0.2) is 60.7 Å². The number of benzene rings is 2. The van der Waals surface area contributed by atoms with Crippen molar-refractivity contribution in [2.24, 2.45) is 5.92 Å². The third-order valence-corrected chi connectivity index (χ3v) is 5.51. The molecule has 2 aromatic carbocycles. The molecular formula is C22H16N4O5. The lowest BCUT2D eigenvalue weighted by Gasteiger charge is -2.35. The molecule has 9 nitrogen and oxygen atoms in total. The molecule has 0 radical (unpaired) electrons. The molecule has 1 saturated heterocycles. The van der Waals surface area contributed by atoms with Crippen molar-refractivity contribution in [1.29, 1.82) is 5.26 Å². The Kier molecular flexibility index (Phi) is 5.05. The summed E-state index contributed by atoms with van der Waals surface area (Å²) < 4.78 is 0. The first kappa shape index (κ1) is 20.0. The average Bonchev–Trinajstić information content (AvgIpc) is 3.05. The van der Waals surface area contributed by atoms with Gasteiger partial charge in [0.2, 0.25) is 0 Å². The van der Waals surface area contributed by atoms with Crippen LogP contribution in [0.2, 0.25) is 0 Å². The normalized spacial score (nSPS) is 22.3. The van der Waals surface area contributed by atoms with E-state index in [2.05, 4.69) is 6.07 Å². The third-order valence-electron chi connectivity index (χ3n) is 5.51. The van der Waals surface area contributed by atoms with Crippen LogP contribution in [0.25, 0.3) is 11.8 Å². The first-order chi connectivity index (χ1) is 14.9. The van der Waals surface area contributed by atoms with E-state index in [0.717, 1.165) is 0 Å². The van der Waals surface area contributed by atoms with Crippen LogP contribution in [0.1, 0.15) is 17.5 Å². The third kappa shape index (κ3) is 3.67. The molecule has 0 N–H and O–H groups in total. The van der Waals surface area contributed by atoms with Gasteiger partial charge in [-0.2, -0.15) is 5.26 Å². The molecule has 2 bridgehead atoms. The molecule has 3 unspecified atom stereocenters. The quantitative estimate of drug-likeness (QED) is 0.412. The fourth-order valence-electron chi connectivity index (χ4n) is 4.11. The molecule has 31 heavy (non-hydrogen) atoms. The van der Waals surface area contributed by atoms with Crippen LogP contribution in [0.3, 0.4) is 0 Å². The molecule has 2 aliphatic heterocycles. The lowest BCUT2D eigenvalue weighted by molar-refractivity contribution is -0.385. The lowest BCUT2D eigenvalue weighted by atomic mass is 9.97. The maximum atomic E-state index is 12.6. The van der Waals surface area contributed by atoms with Crippen LogP contribution in [-0.2, 0) is 4.79 Å². The van der Waals surface area contributed by atoms with Crippen LogP contribution >= 0.6 is 0 Å². The summed E-state index contributed by atoms with van der Waals surface area (Å²) in [5.74, 6) is -0.689. The van der Waals surface area contributed by atoms with Crippen molar-refractivity contribution >= 4 is 28.9 Å². The molecule has 0 aromatic heterocycles. The lowest BCUT2D eigenvalue weighted by Crippen LogP contribution is -2.43. The van der Waals surface area contributed by atoms with Crippen LogP contribution in [-0.4, -0.2) is 32.6 Å². The van der Waals surface area contributed by atoms with Crippen molar-refractivity contribution in [3.05, 3.63) is 92.0 Å². The first-order valence-corrected chi connectivity index (χ1v) is 9.50. The second kappa shape index (κ2) is 7.84. The Hall–Kier alpha value is -4.32. The van der Waals surface area contributed by atoms with Crippen molar-refractivity contribution in [1.82, 2.24) is 4.90 Å². The molecule has 2 heterocycles. The molecule has 0 saturated carbocycles. The van der Waals surface area contributed by atoms with Gasteiger partial charge in [0.05, 0.1) is 21.8 Å². The molecule has 4 rings (SSSR count). The zero-order valence-corrected chi connectivity index (χ0v) is 16.1. The van der Waals surface area contributed by atoms with Crippen molar-refractivity contribution in [2.75, 3.05) is 0 Å². The van der Waals surface area contributed by atoms with Gasteiger partial charge in [-0.1, -0.05) is 18.2 Å². The van der Waals surface area contributed by atoms with Crippen LogP contribution < -0.4 is 0 Å². The number of non-ortho nitro benzene ring substituents is 2. The van der Waals surface area contributed by atoms with Gasteiger partial charge >= 0.3 is 0 Å². The SMILES string of the molecule is N#CC1CC2C=CC(=O)C1N2C(=Cc1cccc([N+](=O)[O-])c1)c1ccc([N+](=O)[O-])cc1. The number of rotatable bonds is 5. The Morgan fingerprint density at radius 3 is 2.45 bits per heavy atom. The van der Waals surface area contributed by atoms with Crippen LogP contribution in [0.4, 0.5) is 11.4 Å². The molecule has 0 aliphatic carbocycles.